The first-order valence-corrected chi connectivity index (χ1v) is 27.9. The molecular formula is C41H62BrN5O5Si2. The van der Waals surface area contributed by atoms with Gasteiger partial charge in [0.1, 0.15) is 36.5 Å². The highest BCUT2D eigenvalue weighted by Gasteiger charge is 2.48. The molecule has 2 saturated heterocycles. The van der Waals surface area contributed by atoms with Gasteiger partial charge < -0.3 is 34.1 Å². The predicted molar refractivity (Wildman–Crippen MR) is 229 cm³/mol. The molecule has 2 aromatic carbocycles. The SMILES string of the molecule is COc1ccc2ccc(-c3cnn4c3NC(C3C[C@H]5CC[C@@H](C3)N5C(=O)OC(C)(C)C)C(Br)=C4N(COCC[Si](C)(C)C)COCC[Si](C)(C)C)cc2c1. The molecule has 1 amide bonds. The van der Waals surface area contributed by atoms with Gasteiger partial charge in [-0.1, -0.05) is 57.5 Å². The van der Waals surface area contributed by atoms with Crippen LogP contribution in [-0.4, -0.2) is 99.3 Å². The van der Waals surface area contributed by atoms with E-state index in [1.807, 2.05) is 42.6 Å². The number of fused-ring (bicyclic) bond motifs is 4. The molecule has 4 atom stereocenters. The maximum atomic E-state index is 13.4. The zero-order chi connectivity index (χ0) is 39.0. The van der Waals surface area contributed by atoms with Crippen molar-refractivity contribution in [1.82, 2.24) is 19.6 Å². The summed E-state index contributed by atoms with van der Waals surface area (Å²) in [6, 6.07) is 15.1. The molecule has 0 aliphatic carbocycles. The Bertz CT molecular complexity index is 1790. The Balaban J connectivity index is 1.37. The normalized spacial score (nSPS) is 21.6. The summed E-state index contributed by atoms with van der Waals surface area (Å²) in [6.07, 6.45) is 5.53. The quantitative estimate of drug-likeness (QED) is 0.0975. The van der Waals surface area contributed by atoms with Crippen molar-refractivity contribution < 1.29 is 23.7 Å². The van der Waals surface area contributed by atoms with Gasteiger partial charge in [0.05, 0.1) is 23.8 Å². The summed E-state index contributed by atoms with van der Waals surface area (Å²) in [4.78, 5) is 17.7. The van der Waals surface area contributed by atoms with Crippen LogP contribution in [0.4, 0.5) is 10.6 Å². The first kappa shape index (κ1) is 40.8. The van der Waals surface area contributed by atoms with Crippen LogP contribution in [0.2, 0.25) is 51.4 Å². The van der Waals surface area contributed by atoms with Crippen molar-refractivity contribution in [3.05, 3.63) is 47.1 Å². The number of rotatable bonds is 14. The van der Waals surface area contributed by atoms with E-state index in [9.17, 15) is 4.79 Å². The standard InChI is InChI=1S/C41H62BrN5O5Si2/c1-41(2,3)52-40(48)46-32-14-15-33(46)23-31(22-32)37-36(42)39(45(26-50-17-19-53(5,6)7)27-51-18-20-54(8,9)10)47-38(44-37)35(25-43-47)29-12-11-28-13-16-34(49-4)24-30(28)21-29/h11-13,16,21,24-25,31-33,37,44H,14-15,17-20,22-23,26-27H2,1-10H3/t31?,32-,33+,37?. The molecular weight excluding hydrogens is 779 g/mol. The van der Waals surface area contributed by atoms with Gasteiger partial charge >= 0.3 is 6.09 Å². The van der Waals surface area contributed by atoms with E-state index in [1.165, 1.54) is 0 Å². The van der Waals surface area contributed by atoms with Crippen LogP contribution in [0, 0.1) is 5.92 Å². The highest BCUT2D eigenvalue weighted by molar-refractivity contribution is 9.11. The number of halogens is 1. The second kappa shape index (κ2) is 16.3. The number of hydrogen-bond donors (Lipinski definition) is 1. The van der Waals surface area contributed by atoms with Crippen LogP contribution < -0.4 is 10.1 Å². The number of carbonyl (C=O) groups excluding carboxylic acids is 1. The molecule has 2 fully saturated rings. The second-order valence-electron chi connectivity index (χ2n) is 18.8. The number of ether oxygens (including phenoxy) is 4. The van der Waals surface area contributed by atoms with Gasteiger partial charge in [-0.25, -0.2) is 4.79 Å². The third-order valence-electron chi connectivity index (χ3n) is 10.7. The van der Waals surface area contributed by atoms with E-state index in [4.69, 9.17) is 24.0 Å². The van der Waals surface area contributed by atoms with Crippen LogP contribution in [0.15, 0.2) is 47.1 Å². The number of aromatic nitrogens is 2. The highest BCUT2D eigenvalue weighted by Crippen LogP contribution is 2.47. The first-order chi connectivity index (χ1) is 25.4. The lowest BCUT2D eigenvalue weighted by Crippen LogP contribution is -2.52. The Kier molecular flexibility index (Phi) is 12.3. The molecule has 54 heavy (non-hydrogen) atoms. The molecule has 2 bridgehead atoms. The lowest BCUT2D eigenvalue weighted by Gasteiger charge is -2.44. The largest absolute Gasteiger partial charge is 0.497 e. The fourth-order valence-corrected chi connectivity index (χ4v) is 10.2. The van der Waals surface area contributed by atoms with E-state index in [-0.39, 0.29) is 30.1 Å². The minimum Gasteiger partial charge on any atom is -0.497 e. The number of benzene rings is 2. The molecule has 296 valence electrons. The predicted octanol–water partition coefficient (Wildman–Crippen LogP) is 10.1. The van der Waals surface area contributed by atoms with Gasteiger partial charge in [0.15, 0.2) is 0 Å². The molecule has 10 nitrogen and oxygen atoms in total. The zero-order valence-corrected chi connectivity index (χ0v) is 37.7. The summed E-state index contributed by atoms with van der Waals surface area (Å²) in [7, 11) is -0.865. The van der Waals surface area contributed by atoms with Crippen molar-refractivity contribution in [1.29, 1.82) is 0 Å². The fourth-order valence-electron chi connectivity index (χ4n) is 7.81. The molecule has 4 heterocycles. The molecule has 3 aromatic rings. The Hall–Kier alpha value is -2.85. The van der Waals surface area contributed by atoms with E-state index in [0.717, 1.165) is 81.5 Å². The second-order valence-corrected chi connectivity index (χ2v) is 30.9. The Morgan fingerprint density at radius 1 is 0.926 bits per heavy atom. The van der Waals surface area contributed by atoms with Crippen molar-refractivity contribution in [2.75, 3.05) is 39.1 Å². The van der Waals surface area contributed by atoms with E-state index in [2.05, 4.69) is 95.8 Å². The minimum atomic E-state index is -1.28. The van der Waals surface area contributed by atoms with Crippen molar-refractivity contribution in [3.63, 3.8) is 0 Å². The Morgan fingerprint density at radius 3 is 2.11 bits per heavy atom. The third kappa shape index (κ3) is 9.74. The minimum absolute atomic E-state index is 0.0427. The lowest BCUT2D eigenvalue weighted by molar-refractivity contribution is -0.0102. The van der Waals surface area contributed by atoms with Crippen LogP contribution >= 0.6 is 15.9 Å². The monoisotopic (exact) mass is 839 g/mol. The summed E-state index contributed by atoms with van der Waals surface area (Å²) in [6.45, 7) is 22.3. The number of hydrogen-bond acceptors (Lipinski definition) is 8. The highest BCUT2D eigenvalue weighted by atomic mass is 79.9. The van der Waals surface area contributed by atoms with Gasteiger partial charge in [0, 0.05) is 47.0 Å². The summed E-state index contributed by atoms with van der Waals surface area (Å²) in [5, 5.41) is 11.3. The molecule has 1 aromatic heterocycles. The molecule has 0 spiro atoms. The van der Waals surface area contributed by atoms with Crippen LogP contribution in [0.5, 0.6) is 5.75 Å². The van der Waals surface area contributed by atoms with Crippen LogP contribution in [0.1, 0.15) is 46.5 Å². The Labute approximate surface area is 333 Å². The maximum absolute atomic E-state index is 13.4. The molecule has 3 aliphatic heterocycles. The van der Waals surface area contributed by atoms with Gasteiger partial charge in [-0.2, -0.15) is 9.78 Å². The summed E-state index contributed by atoms with van der Waals surface area (Å²) in [5.41, 5.74) is 1.57. The Morgan fingerprint density at radius 2 is 1.54 bits per heavy atom. The van der Waals surface area contributed by atoms with Crippen molar-refractivity contribution in [2.24, 2.45) is 5.92 Å². The van der Waals surface area contributed by atoms with Gasteiger partial charge in [-0.3, -0.25) is 0 Å². The maximum Gasteiger partial charge on any atom is 0.410 e. The van der Waals surface area contributed by atoms with E-state index in [0.29, 0.717) is 26.7 Å². The van der Waals surface area contributed by atoms with Gasteiger partial charge in [0.25, 0.3) is 0 Å². The molecule has 0 saturated carbocycles. The number of nitrogens with zero attached hydrogens (tertiary/aromatic N) is 4. The van der Waals surface area contributed by atoms with Crippen LogP contribution in [-0.2, 0) is 14.2 Å². The smallest absolute Gasteiger partial charge is 0.410 e. The third-order valence-corrected chi connectivity index (χ3v) is 15.0. The van der Waals surface area contributed by atoms with Crippen LogP contribution in [0.25, 0.3) is 27.7 Å². The number of nitrogens with one attached hydrogen (secondary N) is 1. The van der Waals surface area contributed by atoms with E-state index in [1.54, 1.807) is 7.11 Å². The molecule has 0 radical (unpaired) electrons. The topological polar surface area (TPSA) is 90.3 Å². The van der Waals surface area contributed by atoms with E-state index < -0.39 is 21.7 Å². The van der Waals surface area contributed by atoms with Crippen molar-refractivity contribution in [2.45, 2.75) is 122 Å². The number of carbonyl (C=O) groups is 1. The number of amides is 1. The average molecular weight is 841 g/mol. The zero-order valence-electron chi connectivity index (χ0n) is 34.1. The lowest BCUT2D eigenvalue weighted by atomic mass is 9.84. The molecule has 13 heteroatoms. The van der Waals surface area contributed by atoms with Gasteiger partial charge in [-0.15, -0.1) is 0 Å². The van der Waals surface area contributed by atoms with Crippen LogP contribution in [0.3, 0.4) is 0 Å². The van der Waals surface area contributed by atoms with Crippen molar-refractivity contribution in [3.8, 4) is 16.9 Å². The summed E-state index contributed by atoms with van der Waals surface area (Å²) in [5.74, 6) is 2.97. The molecule has 1 N–H and O–H groups in total. The summed E-state index contributed by atoms with van der Waals surface area (Å²) >= 11 is 4.16. The first-order valence-electron chi connectivity index (χ1n) is 19.7. The van der Waals surface area contributed by atoms with Crippen molar-refractivity contribution >= 4 is 60.6 Å². The summed E-state index contributed by atoms with van der Waals surface area (Å²) < 4.78 is 27.4. The van der Waals surface area contributed by atoms with Gasteiger partial charge in [0.2, 0.25) is 0 Å². The fraction of sp³-hybridized carbons (Fsp3) is 0.610. The van der Waals surface area contributed by atoms with Gasteiger partial charge in [-0.05, 0) is 115 Å². The number of anilines is 1. The van der Waals surface area contributed by atoms with E-state index >= 15 is 0 Å². The molecule has 3 aliphatic rings. The molecule has 6 rings (SSSR count). The average Bonchev–Trinajstić information content (AvgIpc) is 3.62. The number of piperidine rings is 1. The number of methoxy groups -OCH3 is 1. The molecule has 2 unspecified atom stereocenters.